The summed E-state index contributed by atoms with van der Waals surface area (Å²) in [7, 11) is 0. The van der Waals surface area contributed by atoms with E-state index in [-0.39, 0.29) is 10.8 Å². The molecule has 1 unspecified atom stereocenters. The normalized spacial score (nSPS) is 19.7. The smallest absolute Gasteiger partial charge is 0.276 e. The van der Waals surface area contributed by atoms with Crippen molar-refractivity contribution >= 4 is 34.9 Å². The van der Waals surface area contributed by atoms with Crippen molar-refractivity contribution in [3.8, 4) is 0 Å². The molecule has 16 heavy (non-hydrogen) atoms. The molecule has 1 N–H and O–H groups in total. The van der Waals surface area contributed by atoms with Crippen molar-refractivity contribution in [1.82, 2.24) is 4.98 Å². The van der Waals surface area contributed by atoms with Crippen molar-refractivity contribution in [2.75, 3.05) is 16.8 Å². The van der Waals surface area contributed by atoms with E-state index in [0.29, 0.717) is 11.9 Å². The maximum absolute atomic E-state index is 10.6. The molecule has 1 aliphatic heterocycles. The Morgan fingerprint density at radius 2 is 2.44 bits per heavy atom. The molecule has 0 aliphatic carbocycles. The van der Waals surface area contributed by atoms with Gasteiger partial charge in [0.15, 0.2) is 0 Å². The van der Waals surface area contributed by atoms with Crippen molar-refractivity contribution < 1.29 is 4.92 Å². The van der Waals surface area contributed by atoms with Crippen molar-refractivity contribution in [2.45, 2.75) is 12.5 Å². The predicted molar refractivity (Wildman–Crippen MR) is 65.3 cm³/mol. The molecule has 1 fully saturated rings. The number of hydrogen-bond acceptors (Lipinski definition) is 5. The Balaban J connectivity index is 2.16. The highest BCUT2D eigenvalue weighted by Crippen LogP contribution is 2.24. The number of anilines is 1. The lowest BCUT2D eigenvalue weighted by atomic mass is 10.2. The van der Waals surface area contributed by atoms with Crippen molar-refractivity contribution in [2.24, 2.45) is 0 Å². The Morgan fingerprint density at radius 3 is 3.06 bits per heavy atom. The van der Waals surface area contributed by atoms with E-state index in [1.807, 2.05) is 11.8 Å². The highest BCUT2D eigenvalue weighted by atomic mass is 35.5. The quantitative estimate of drug-likeness (QED) is 0.513. The molecule has 0 amide bonds. The van der Waals surface area contributed by atoms with Crippen molar-refractivity contribution in [3.63, 3.8) is 0 Å². The molecule has 1 saturated heterocycles. The summed E-state index contributed by atoms with van der Waals surface area (Å²) < 4.78 is 0. The third kappa shape index (κ3) is 2.76. The van der Waals surface area contributed by atoms with Gasteiger partial charge in [0.05, 0.1) is 17.1 Å². The highest BCUT2D eigenvalue weighted by Gasteiger charge is 2.17. The average molecular weight is 260 g/mol. The number of nitrogens with zero attached hydrogens (tertiary/aromatic N) is 2. The van der Waals surface area contributed by atoms with E-state index in [4.69, 9.17) is 11.6 Å². The first-order valence-corrected chi connectivity index (χ1v) is 6.34. The zero-order chi connectivity index (χ0) is 11.5. The summed E-state index contributed by atoms with van der Waals surface area (Å²) in [6, 6.07) is 2.99. The Morgan fingerprint density at radius 1 is 1.62 bits per heavy atom. The maximum Gasteiger partial charge on any atom is 0.276 e. The summed E-state index contributed by atoms with van der Waals surface area (Å²) in [5, 5.41) is 13.9. The van der Waals surface area contributed by atoms with E-state index in [9.17, 15) is 10.1 Å². The molecule has 0 bridgehead atoms. The van der Waals surface area contributed by atoms with Gasteiger partial charge in [-0.1, -0.05) is 11.6 Å². The lowest BCUT2D eigenvalue weighted by Gasteiger charge is -2.11. The summed E-state index contributed by atoms with van der Waals surface area (Å²) in [4.78, 5) is 14.2. The predicted octanol–water partition coefficient (Wildman–Crippen LogP) is 2.56. The van der Waals surface area contributed by atoms with Crippen LogP contribution in [0.5, 0.6) is 0 Å². The largest absolute Gasteiger partial charge is 0.366 e. The van der Waals surface area contributed by atoms with Gasteiger partial charge in [0.2, 0.25) is 0 Å². The molecule has 7 heteroatoms. The van der Waals surface area contributed by atoms with Gasteiger partial charge in [-0.3, -0.25) is 10.1 Å². The molecule has 2 rings (SSSR count). The molecule has 1 atom stereocenters. The monoisotopic (exact) mass is 259 g/mol. The number of hydrogen-bond donors (Lipinski definition) is 1. The van der Waals surface area contributed by atoms with Crippen LogP contribution in [0.4, 0.5) is 11.5 Å². The number of halogens is 1. The van der Waals surface area contributed by atoms with Crippen LogP contribution in [0.1, 0.15) is 6.42 Å². The van der Waals surface area contributed by atoms with Gasteiger partial charge >= 0.3 is 0 Å². The first-order chi connectivity index (χ1) is 7.65. The van der Waals surface area contributed by atoms with Crippen LogP contribution in [0.3, 0.4) is 0 Å². The second-order valence-electron chi connectivity index (χ2n) is 3.50. The lowest BCUT2D eigenvalue weighted by molar-refractivity contribution is -0.384. The zero-order valence-corrected chi connectivity index (χ0v) is 9.92. The molecule has 0 saturated carbocycles. The van der Waals surface area contributed by atoms with Gasteiger partial charge in [-0.25, -0.2) is 4.98 Å². The summed E-state index contributed by atoms with van der Waals surface area (Å²) >= 11 is 7.58. The van der Waals surface area contributed by atoms with E-state index in [0.717, 1.165) is 17.9 Å². The summed E-state index contributed by atoms with van der Waals surface area (Å²) in [5.41, 5.74) is -0.0341. The number of aromatic nitrogens is 1. The molecule has 1 aromatic heterocycles. The number of pyridine rings is 1. The van der Waals surface area contributed by atoms with Crippen LogP contribution in [-0.2, 0) is 0 Å². The van der Waals surface area contributed by atoms with Crippen LogP contribution in [0.15, 0.2) is 12.1 Å². The van der Waals surface area contributed by atoms with Gasteiger partial charge in [0.25, 0.3) is 5.69 Å². The molecule has 1 aliphatic rings. The lowest BCUT2D eigenvalue weighted by Crippen LogP contribution is -2.18. The third-order valence-corrected chi connectivity index (χ3v) is 3.63. The van der Waals surface area contributed by atoms with Crippen molar-refractivity contribution in [3.05, 3.63) is 27.4 Å². The molecule has 1 aromatic rings. The number of nitrogens with one attached hydrogen (secondary N) is 1. The van der Waals surface area contributed by atoms with Crippen LogP contribution < -0.4 is 5.32 Å². The fraction of sp³-hybridized carbons (Fsp3) is 0.444. The number of nitro groups is 1. The second kappa shape index (κ2) is 4.88. The Hall–Kier alpha value is -1.01. The summed E-state index contributed by atoms with van der Waals surface area (Å²) in [6.45, 7) is 0. The van der Waals surface area contributed by atoms with Gasteiger partial charge in [-0.2, -0.15) is 11.8 Å². The van der Waals surface area contributed by atoms with E-state index in [1.54, 1.807) is 0 Å². The zero-order valence-electron chi connectivity index (χ0n) is 8.35. The SMILES string of the molecule is O=[N+]([O-])c1cc(Cl)nc(NC2CCSC2)c1. The third-order valence-electron chi connectivity index (χ3n) is 2.27. The highest BCUT2D eigenvalue weighted by molar-refractivity contribution is 7.99. The average Bonchev–Trinajstić information content (AvgIpc) is 2.69. The van der Waals surface area contributed by atoms with E-state index >= 15 is 0 Å². The van der Waals surface area contributed by atoms with Crippen LogP contribution in [0, 0.1) is 10.1 Å². The molecule has 0 radical (unpaired) electrons. The Kier molecular flexibility index (Phi) is 3.50. The van der Waals surface area contributed by atoms with Crippen LogP contribution in [0.2, 0.25) is 5.15 Å². The van der Waals surface area contributed by atoms with E-state index < -0.39 is 4.92 Å². The minimum absolute atomic E-state index is 0.0341. The van der Waals surface area contributed by atoms with Gasteiger partial charge in [0, 0.05) is 11.8 Å². The van der Waals surface area contributed by atoms with E-state index in [1.165, 1.54) is 12.1 Å². The Bertz CT molecular complexity index is 410. The molecule has 5 nitrogen and oxygen atoms in total. The molecule has 2 heterocycles. The van der Waals surface area contributed by atoms with Crippen molar-refractivity contribution in [1.29, 1.82) is 0 Å². The van der Waals surface area contributed by atoms with Gasteiger partial charge in [-0.05, 0) is 12.2 Å². The second-order valence-corrected chi connectivity index (χ2v) is 5.03. The van der Waals surface area contributed by atoms with Gasteiger partial charge < -0.3 is 5.32 Å². The summed E-state index contributed by atoms with van der Waals surface area (Å²) in [5.74, 6) is 2.59. The molecular weight excluding hydrogens is 250 g/mol. The molecule has 0 aromatic carbocycles. The molecular formula is C9H10ClN3O2S. The number of rotatable bonds is 3. The Labute approximate surface area is 102 Å². The number of thioether (sulfide) groups is 1. The van der Waals surface area contributed by atoms with Crippen LogP contribution >= 0.6 is 23.4 Å². The molecule has 86 valence electrons. The van der Waals surface area contributed by atoms with E-state index in [2.05, 4.69) is 10.3 Å². The minimum Gasteiger partial charge on any atom is -0.366 e. The fourth-order valence-electron chi connectivity index (χ4n) is 1.52. The first-order valence-electron chi connectivity index (χ1n) is 4.81. The maximum atomic E-state index is 10.6. The topological polar surface area (TPSA) is 68.1 Å². The van der Waals surface area contributed by atoms with Crippen LogP contribution in [-0.4, -0.2) is 27.5 Å². The standard InChI is InChI=1S/C9H10ClN3O2S/c10-8-3-7(13(14)15)4-9(12-8)11-6-1-2-16-5-6/h3-4,6H,1-2,5H2,(H,11,12). The van der Waals surface area contributed by atoms with Gasteiger partial charge in [-0.15, -0.1) is 0 Å². The fourth-order valence-corrected chi connectivity index (χ4v) is 2.88. The minimum atomic E-state index is -0.470. The van der Waals surface area contributed by atoms with Gasteiger partial charge in [0.1, 0.15) is 11.0 Å². The van der Waals surface area contributed by atoms with Crippen LogP contribution in [0.25, 0.3) is 0 Å². The molecule has 0 spiro atoms. The summed E-state index contributed by atoms with van der Waals surface area (Å²) in [6.07, 6.45) is 1.05. The first kappa shape index (κ1) is 11.5.